The fraction of sp³-hybridized carbons (Fsp3) is 0.133. The van der Waals surface area contributed by atoms with Crippen molar-refractivity contribution in [1.82, 2.24) is 9.55 Å². The molecule has 0 aliphatic carbocycles. The molecule has 3 nitrogen and oxygen atoms in total. The van der Waals surface area contributed by atoms with E-state index in [9.17, 15) is 0 Å². The lowest BCUT2D eigenvalue weighted by Gasteiger charge is -2.08. The molecule has 0 aliphatic heterocycles. The monoisotopic (exact) mass is 271 g/mol. The van der Waals surface area contributed by atoms with Crippen molar-refractivity contribution in [2.24, 2.45) is 5.73 Å². The van der Waals surface area contributed by atoms with Crippen molar-refractivity contribution >= 4 is 22.6 Å². The Hall–Kier alpha value is -1.84. The van der Waals surface area contributed by atoms with Crippen LogP contribution >= 0.6 is 11.6 Å². The van der Waals surface area contributed by atoms with Gasteiger partial charge in [0, 0.05) is 11.6 Å². The van der Waals surface area contributed by atoms with Crippen LogP contribution in [0.4, 0.5) is 0 Å². The Morgan fingerprint density at radius 3 is 2.74 bits per heavy atom. The van der Waals surface area contributed by atoms with Gasteiger partial charge in [0.1, 0.15) is 5.82 Å². The molecule has 0 amide bonds. The summed E-state index contributed by atoms with van der Waals surface area (Å²) >= 11 is 6.03. The van der Waals surface area contributed by atoms with E-state index < -0.39 is 0 Å². The number of hydrogen-bond donors (Lipinski definition) is 1. The zero-order valence-corrected chi connectivity index (χ0v) is 11.1. The summed E-state index contributed by atoms with van der Waals surface area (Å²) in [5.74, 6) is 0.890. The minimum atomic E-state index is 0.426. The van der Waals surface area contributed by atoms with Gasteiger partial charge in [-0.15, -0.1) is 0 Å². The first-order valence-corrected chi connectivity index (χ1v) is 6.54. The highest BCUT2D eigenvalue weighted by Gasteiger charge is 2.09. The maximum atomic E-state index is 6.03. The van der Waals surface area contributed by atoms with Crippen molar-refractivity contribution in [3.8, 4) is 0 Å². The first kappa shape index (κ1) is 12.2. The summed E-state index contributed by atoms with van der Waals surface area (Å²) in [4.78, 5) is 4.55. The van der Waals surface area contributed by atoms with E-state index >= 15 is 0 Å². The van der Waals surface area contributed by atoms with Crippen molar-refractivity contribution in [3.63, 3.8) is 0 Å². The summed E-state index contributed by atoms with van der Waals surface area (Å²) in [6, 6.07) is 15.9. The normalized spacial score (nSPS) is 11.1. The summed E-state index contributed by atoms with van der Waals surface area (Å²) < 4.78 is 2.14. The van der Waals surface area contributed by atoms with E-state index in [1.165, 1.54) is 0 Å². The highest BCUT2D eigenvalue weighted by molar-refractivity contribution is 6.30. The van der Waals surface area contributed by atoms with Crippen LogP contribution in [0.15, 0.2) is 48.5 Å². The molecule has 96 valence electrons. The third kappa shape index (κ3) is 2.35. The van der Waals surface area contributed by atoms with Crippen LogP contribution < -0.4 is 5.73 Å². The van der Waals surface area contributed by atoms with Gasteiger partial charge in [0.2, 0.25) is 0 Å². The van der Waals surface area contributed by atoms with Crippen molar-refractivity contribution in [1.29, 1.82) is 0 Å². The number of aromatic nitrogens is 2. The average molecular weight is 272 g/mol. The molecule has 0 unspecified atom stereocenters. The highest BCUT2D eigenvalue weighted by Crippen LogP contribution is 2.19. The van der Waals surface area contributed by atoms with E-state index in [1.807, 2.05) is 36.4 Å². The molecule has 2 N–H and O–H groups in total. The summed E-state index contributed by atoms with van der Waals surface area (Å²) in [6.07, 6.45) is 0. The minimum absolute atomic E-state index is 0.426. The SMILES string of the molecule is NCc1nc2ccccc2n1Cc1cccc(Cl)c1. The molecule has 19 heavy (non-hydrogen) atoms. The van der Waals surface area contributed by atoms with Gasteiger partial charge in [0.05, 0.1) is 17.6 Å². The summed E-state index contributed by atoms with van der Waals surface area (Å²) in [6.45, 7) is 1.16. The fourth-order valence-electron chi connectivity index (χ4n) is 2.28. The summed E-state index contributed by atoms with van der Waals surface area (Å²) in [5.41, 5.74) is 9.01. The molecule has 3 rings (SSSR count). The number of fused-ring (bicyclic) bond motifs is 1. The van der Waals surface area contributed by atoms with E-state index in [2.05, 4.69) is 21.7 Å². The molecular weight excluding hydrogens is 258 g/mol. The van der Waals surface area contributed by atoms with Gasteiger partial charge in [-0.1, -0.05) is 35.9 Å². The van der Waals surface area contributed by atoms with Crippen molar-refractivity contribution in [2.45, 2.75) is 13.1 Å². The van der Waals surface area contributed by atoms with Gasteiger partial charge in [0.15, 0.2) is 0 Å². The van der Waals surface area contributed by atoms with Crippen molar-refractivity contribution in [3.05, 3.63) is 64.9 Å². The Balaban J connectivity index is 2.08. The number of nitrogens with two attached hydrogens (primary N) is 1. The van der Waals surface area contributed by atoms with Crippen LogP contribution in [0.2, 0.25) is 5.02 Å². The standard InChI is InChI=1S/C15H14ClN3/c16-12-5-3-4-11(8-12)10-19-14-7-2-1-6-13(14)18-15(19)9-17/h1-8H,9-10,17H2. The molecule has 0 aliphatic rings. The van der Waals surface area contributed by atoms with Crippen LogP contribution in [0.5, 0.6) is 0 Å². The number of imidazole rings is 1. The minimum Gasteiger partial charge on any atom is -0.324 e. The number of nitrogens with zero attached hydrogens (tertiary/aromatic N) is 2. The second-order valence-corrected chi connectivity index (χ2v) is 4.87. The zero-order chi connectivity index (χ0) is 13.2. The topological polar surface area (TPSA) is 43.8 Å². The van der Waals surface area contributed by atoms with E-state index in [1.54, 1.807) is 0 Å². The molecule has 1 heterocycles. The Morgan fingerprint density at radius 2 is 1.95 bits per heavy atom. The molecular formula is C15H14ClN3. The Bertz CT molecular complexity index is 718. The number of para-hydroxylation sites is 2. The largest absolute Gasteiger partial charge is 0.324 e. The van der Waals surface area contributed by atoms with E-state index in [0.717, 1.165) is 34.0 Å². The van der Waals surface area contributed by atoms with Crippen LogP contribution in [0, 0.1) is 0 Å². The van der Waals surface area contributed by atoms with Gasteiger partial charge in [-0.2, -0.15) is 0 Å². The number of benzene rings is 2. The lowest BCUT2D eigenvalue weighted by atomic mass is 10.2. The molecule has 2 aromatic carbocycles. The number of rotatable bonds is 3. The molecule has 3 aromatic rings. The molecule has 1 aromatic heterocycles. The van der Waals surface area contributed by atoms with Crippen LogP contribution in [0.1, 0.15) is 11.4 Å². The predicted octanol–water partition coefficient (Wildman–Crippen LogP) is 3.20. The molecule has 0 spiro atoms. The molecule has 0 atom stereocenters. The molecule has 0 bridgehead atoms. The molecule has 0 saturated heterocycles. The van der Waals surface area contributed by atoms with E-state index in [-0.39, 0.29) is 0 Å². The van der Waals surface area contributed by atoms with Gasteiger partial charge >= 0.3 is 0 Å². The average Bonchev–Trinajstić information content (AvgIpc) is 2.77. The van der Waals surface area contributed by atoms with Gasteiger partial charge in [-0.25, -0.2) is 4.98 Å². The van der Waals surface area contributed by atoms with E-state index in [4.69, 9.17) is 17.3 Å². The fourth-order valence-corrected chi connectivity index (χ4v) is 2.49. The second kappa shape index (κ2) is 5.03. The number of hydrogen-bond acceptors (Lipinski definition) is 2. The third-order valence-corrected chi connectivity index (χ3v) is 3.38. The maximum Gasteiger partial charge on any atom is 0.123 e. The lowest BCUT2D eigenvalue weighted by Crippen LogP contribution is -2.09. The van der Waals surface area contributed by atoms with Crippen LogP contribution in [0.3, 0.4) is 0 Å². The first-order chi connectivity index (χ1) is 9.28. The summed E-state index contributed by atoms with van der Waals surface area (Å²) in [7, 11) is 0. The quantitative estimate of drug-likeness (QED) is 0.795. The first-order valence-electron chi connectivity index (χ1n) is 6.16. The molecule has 4 heteroatoms. The highest BCUT2D eigenvalue weighted by atomic mass is 35.5. The Labute approximate surface area is 116 Å². The second-order valence-electron chi connectivity index (χ2n) is 4.44. The lowest BCUT2D eigenvalue weighted by molar-refractivity contribution is 0.744. The Morgan fingerprint density at radius 1 is 1.11 bits per heavy atom. The molecule has 0 radical (unpaired) electrons. The predicted molar refractivity (Wildman–Crippen MR) is 78.2 cm³/mol. The molecule has 0 fully saturated rings. The maximum absolute atomic E-state index is 6.03. The third-order valence-electron chi connectivity index (χ3n) is 3.15. The summed E-state index contributed by atoms with van der Waals surface area (Å²) in [5, 5.41) is 0.746. The zero-order valence-electron chi connectivity index (χ0n) is 10.4. The van der Waals surface area contributed by atoms with E-state index in [0.29, 0.717) is 6.54 Å². The van der Waals surface area contributed by atoms with Crippen LogP contribution in [0.25, 0.3) is 11.0 Å². The van der Waals surface area contributed by atoms with Gasteiger partial charge in [-0.3, -0.25) is 0 Å². The Kier molecular flexibility index (Phi) is 3.23. The van der Waals surface area contributed by atoms with Crippen molar-refractivity contribution in [2.75, 3.05) is 0 Å². The van der Waals surface area contributed by atoms with Crippen LogP contribution in [-0.4, -0.2) is 9.55 Å². The van der Waals surface area contributed by atoms with Crippen molar-refractivity contribution < 1.29 is 0 Å². The smallest absolute Gasteiger partial charge is 0.123 e. The van der Waals surface area contributed by atoms with Gasteiger partial charge < -0.3 is 10.3 Å². The number of halogens is 1. The van der Waals surface area contributed by atoms with Gasteiger partial charge in [0.25, 0.3) is 0 Å². The van der Waals surface area contributed by atoms with Crippen LogP contribution in [-0.2, 0) is 13.1 Å². The van der Waals surface area contributed by atoms with Gasteiger partial charge in [-0.05, 0) is 29.8 Å². The molecule has 0 saturated carbocycles.